The second kappa shape index (κ2) is 6.79. The maximum Gasteiger partial charge on any atom is 0.306 e. The summed E-state index contributed by atoms with van der Waals surface area (Å²) in [5.41, 5.74) is 0.627. The molecule has 0 spiro atoms. The summed E-state index contributed by atoms with van der Waals surface area (Å²) in [6.45, 7) is 0.0376. The Hall–Kier alpha value is -2.77. The van der Waals surface area contributed by atoms with Gasteiger partial charge in [0.2, 0.25) is 5.78 Å². The van der Waals surface area contributed by atoms with E-state index in [1.54, 1.807) is 0 Å². The first kappa shape index (κ1) is 15.6. The highest BCUT2D eigenvalue weighted by Gasteiger charge is 2.36. The standard InChI is InChI=1S/C14H14N2O6/c17-12(3-1-2-11-13(18)14(19)15-11)22-8-9-4-6-10(7-5-9)16(20)21/h4-7,11H,1-3,8H2,(H,15,19). The number of nitro groups is 1. The van der Waals surface area contributed by atoms with Gasteiger partial charge in [0, 0.05) is 18.6 Å². The molecule has 0 radical (unpaired) electrons. The van der Waals surface area contributed by atoms with Crippen molar-refractivity contribution < 1.29 is 24.0 Å². The molecule has 1 saturated heterocycles. The molecule has 1 N–H and O–H groups in total. The number of carbonyl (C=O) groups is 3. The van der Waals surface area contributed by atoms with Crippen molar-refractivity contribution in [1.82, 2.24) is 5.32 Å². The number of ketones is 1. The summed E-state index contributed by atoms with van der Waals surface area (Å²) in [6.07, 6.45) is 1.000. The van der Waals surface area contributed by atoms with Crippen LogP contribution in [0.1, 0.15) is 24.8 Å². The lowest BCUT2D eigenvalue weighted by Crippen LogP contribution is -2.58. The van der Waals surface area contributed by atoms with Crippen LogP contribution in [0.2, 0.25) is 0 Å². The third-order valence-corrected chi connectivity index (χ3v) is 3.27. The summed E-state index contributed by atoms with van der Waals surface area (Å²) in [7, 11) is 0. The fourth-order valence-electron chi connectivity index (χ4n) is 1.98. The van der Waals surface area contributed by atoms with Gasteiger partial charge in [-0.3, -0.25) is 24.5 Å². The van der Waals surface area contributed by atoms with Gasteiger partial charge in [0.15, 0.2) is 0 Å². The first-order valence-corrected chi connectivity index (χ1v) is 6.71. The van der Waals surface area contributed by atoms with Gasteiger partial charge in [-0.05, 0) is 30.5 Å². The van der Waals surface area contributed by atoms with Crippen LogP contribution in [0, 0.1) is 10.1 Å². The quantitative estimate of drug-likeness (QED) is 0.263. The molecule has 8 nitrogen and oxygen atoms in total. The Morgan fingerprint density at radius 2 is 1.95 bits per heavy atom. The molecule has 1 aliphatic rings. The smallest absolute Gasteiger partial charge is 0.306 e. The molecule has 1 unspecified atom stereocenters. The number of β-lactam (4-membered cyclic amide) rings is 1. The molecule has 1 heterocycles. The van der Waals surface area contributed by atoms with Crippen molar-refractivity contribution in [2.24, 2.45) is 0 Å². The minimum atomic E-state index is -0.578. The number of ether oxygens (including phenoxy) is 1. The van der Waals surface area contributed by atoms with E-state index >= 15 is 0 Å². The normalized spacial score (nSPS) is 16.6. The van der Waals surface area contributed by atoms with Gasteiger partial charge in [-0.25, -0.2) is 0 Å². The summed E-state index contributed by atoms with van der Waals surface area (Å²) in [6, 6.07) is 5.25. The average Bonchev–Trinajstić information content (AvgIpc) is 2.52. The highest BCUT2D eigenvalue weighted by Crippen LogP contribution is 2.13. The molecule has 1 fully saturated rings. The van der Waals surface area contributed by atoms with Crippen molar-refractivity contribution in [1.29, 1.82) is 0 Å². The molecule has 2 rings (SSSR count). The van der Waals surface area contributed by atoms with Gasteiger partial charge in [0.05, 0.1) is 11.0 Å². The van der Waals surface area contributed by atoms with Crippen molar-refractivity contribution >= 4 is 23.3 Å². The van der Waals surface area contributed by atoms with E-state index in [-0.39, 0.29) is 18.7 Å². The average molecular weight is 306 g/mol. The molecule has 1 aromatic rings. The lowest BCUT2D eigenvalue weighted by Gasteiger charge is -2.24. The SMILES string of the molecule is O=C(CCCC1NC(=O)C1=O)OCc1ccc([N+](=O)[O-])cc1. The maximum absolute atomic E-state index is 11.5. The monoisotopic (exact) mass is 306 g/mol. The fourth-order valence-corrected chi connectivity index (χ4v) is 1.98. The molecule has 1 aliphatic heterocycles. The summed E-state index contributed by atoms with van der Waals surface area (Å²) < 4.78 is 5.03. The van der Waals surface area contributed by atoms with E-state index in [1.165, 1.54) is 24.3 Å². The first-order valence-electron chi connectivity index (χ1n) is 6.71. The Bertz CT molecular complexity index is 610. The molecule has 0 saturated carbocycles. The van der Waals surface area contributed by atoms with Crippen molar-refractivity contribution in [3.8, 4) is 0 Å². The van der Waals surface area contributed by atoms with E-state index in [0.29, 0.717) is 18.4 Å². The molecule has 8 heteroatoms. The summed E-state index contributed by atoms with van der Waals surface area (Å²) in [5, 5.41) is 12.9. The Morgan fingerprint density at radius 1 is 1.27 bits per heavy atom. The second-order valence-corrected chi connectivity index (χ2v) is 4.87. The zero-order chi connectivity index (χ0) is 16.1. The van der Waals surface area contributed by atoms with Crippen LogP contribution in [0.3, 0.4) is 0 Å². The van der Waals surface area contributed by atoms with Crippen molar-refractivity contribution in [2.45, 2.75) is 31.9 Å². The predicted molar refractivity (Wildman–Crippen MR) is 73.7 cm³/mol. The zero-order valence-corrected chi connectivity index (χ0v) is 11.6. The molecule has 0 bridgehead atoms. The van der Waals surface area contributed by atoms with E-state index in [9.17, 15) is 24.5 Å². The van der Waals surface area contributed by atoms with Crippen LogP contribution >= 0.6 is 0 Å². The Balaban J connectivity index is 1.66. The van der Waals surface area contributed by atoms with Crippen LogP contribution < -0.4 is 5.32 Å². The summed E-state index contributed by atoms with van der Waals surface area (Å²) in [4.78, 5) is 43.2. The van der Waals surface area contributed by atoms with Gasteiger partial charge >= 0.3 is 5.97 Å². The number of hydrogen-bond donors (Lipinski definition) is 1. The van der Waals surface area contributed by atoms with Gasteiger partial charge in [0.1, 0.15) is 6.61 Å². The number of rotatable bonds is 7. The Kier molecular flexibility index (Phi) is 4.82. The minimum Gasteiger partial charge on any atom is -0.461 e. The van der Waals surface area contributed by atoms with Crippen LogP contribution in [0.25, 0.3) is 0 Å². The van der Waals surface area contributed by atoms with Crippen LogP contribution in [0.5, 0.6) is 0 Å². The molecular formula is C14H14N2O6. The third-order valence-electron chi connectivity index (χ3n) is 3.27. The number of nitro benzene ring substituents is 1. The number of benzene rings is 1. The number of Topliss-reactive ketones (excluding diaryl/α,β-unsaturated/α-hetero) is 1. The third kappa shape index (κ3) is 3.87. The van der Waals surface area contributed by atoms with Gasteiger partial charge < -0.3 is 10.1 Å². The lowest BCUT2D eigenvalue weighted by molar-refractivity contribution is -0.384. The Labute approximate surface area is 125 Å². The predicted octanol–water partition coefficient (Wildman–Crippen LogP) is 0.876. The second-order valence-electron chi connectivity index (χ2n) is 4.87. The van der Waals surface area contributed by atoms with Crippen LogP contribution in [0.15, 0.2) is 24.3 Å². The molecule has 0 aliphatic carbocycles. The summed E-state index contributed by atoms with van der Waals surface area (Å²) >= 11 is 0. The topological polar surface area (TPSA) is 116 Å². The molecule has 1 atom stereocenters. The molecule has 22 heavy (non-hydrogen) atoms. The summed E-state index contributed by atoms with van der Waals surface area (Å²) in [5.74, 6) is -1.44. The molecular weight excluding hydrogens is 292 g/mol. The van der Waals surface area contributed by atoms with E-state index in [4.69, 9.17) is 4.74 Å². The van der Waals surface area contributed by atoms with Crippen molar-refractivity contribution in [3.05, 3.63) is 39.9 Å². The highest BCUT2D eigenvalue weighted by atomic mass is 16.6. The first-order chi connectivity index (χ1) is 10.5. The van der Waals surface area contributed by atoms with E-state index in [1.807, 2.05) is 0 Å². The molecule has 1 aromatic carbocycles. The van der Waals surface area contributed by atoms with Crippen molar-refractivity contribution in [2.75, 3.05) is 0 Å². The minimum absolute atomic E-state index is 0.0257. The fraction of sp³-hybridized carbons (Fsp3) is 0.357. The zero-order valence-electron chi connectivity index (χ0n) is 11.6. The van der Waals surface area contributed by atoms with E-state index in [0.717, 1.165) is 0 Å². The number of non-ortho nitro benzene ring substituents is 1. The molecule has 0 aromatic heterocycles. The van der Waals surface area contributed by atoms with Crippen LogP contribution in [-0.4, -0.2) is 28.6 Å². The van der Waals surface area contributed by atoms with Gasteiger partial charge in [0.25, 0.3) is 11.6 Å². The van der Waals surface area contributed by atoms with E-state index < -0.39 is 28.6 Å². The van der Waals surface area contributed by atoms with Crippen LogP contribution in [-0.2, 0) is 25.7 Å². The van der Waals surface area contributed by atoms with Crippen LogP contribution in [0.4, 0.5) is 5.69 Å². The number of nitrogens with one attached hydrogen (secondary N) is 1. The number of esters is 1. The van der Waals surface area contributed by atoms with Gasteiger partial charge in [-0.2, -0.15) is 0 Å². The van der Waals surface area contributed by atoms with E-state index in [2.05, 4.69) is 5.32 Å². The lowest BCUT2D eigenvalue weighted by atomic mass is 9.98. The molecule has 116 valence electrons. The maximum atomic E-state index is 11.5. The Morgan fingerprint density at radius 3 is 2.50 bits per heavy atom. The number of amides is 1. The number of carbonyl (C=O) groups excluding carboxylic acids is 3. The molecule has 1 amide bonds. The largest absolute Gasteiger partial charge is 0.461 e. The van der Waals surface area contributed by atoms with Gasteiger partial charge in [-0.15, -0.1) is 0 Å². The van der Waals surface area contributed by atoms with Gasteiger partial charge in [-0.1, -0.05) is 0 Å². The number of hydrogen-bond acceptors (Lipinski definition) is 6. The van der Waals surface area contributed by atoms with Crippen molar-refractivity contribution in [3.63, 3.8) is 0 Å². The highest BCUT2D eigenvalue weighted by molar-refractivity contribution is 6.44. The number of nitrogens with zero attached hydrogens (tertiary/aromatic N) is 1.